The molecule has 0 aromatic carbocycles. The Balaban J connectivity index is 0.000000711. The summed E-state index contributed by atoms with van der Waals surface area (Å²) in [5.74, 6) is -2.72. The van der Waals surface area contributed by atoms with E-state index in [1.165, 1.54) is 0 Å². The lowest BCUT2D eigenvalue weighted by molar-refractivity contribution is -0.139. The van der Waals surface area contributed by atoms with Crippen molar-refractivity contribution in [2.75, 3.05) is 12.3 Å². The molecule has 0 radical (unpaired) electrons. The smallest absolute Gasteiger partial charge is 0.341 e. The van der Waals surface area contributed by atoms with E-state index in [1.807, 2.05) is 13.8 Å². The van der Waals surface area contributed by atoms with E-state index in [2.05, 4.69) is 9.72 Å². The Bertz CT molecular complexity index is 455. The van der Waals surface area contributed by atoms with Crippen LogP contribution in [0.2, 0.25) is 10.0 Å². The number of rotatable bonds is 3. The SMILES string of the molecule is CC(C)N.Nc1c(Cl)c(F)nc(OCC(=O)O)c1Cl. The van der Waals surface area contributed by atoms with Gasteiger partial charge in [-0.1, -0.05) is 37.0 Å². The molecule has 5 N–H and O–H groups in total. The van der Waals surface area contributed by atoms with Gasteiger partial charge in [-0.05, 0) is 6.04 Å². The van der Waals surface area contributed by atoms with Gasteiger partial charge in [-0.2, -0.15) is 9.37 Å². The van der Waals surface area contributed by atoms with Gasteiger partial charge in [0.05, 0.1) is 5.69 Å². The van der Waals surface area contributed by atoms with Gasteiger partial charge in [0.15, 0.2) is 6.61 Å². The molecule has 0 bridgehead atoms. The molecule has 0 aliphatic rings. The Morgan fingerprint density at radius 2 is 1.95 bits per heavy atom. The lowest BCUT2D eigenvalue weighted by Crippen LogP contribution is -2.11. The third-order valence-electron chi connectivity index (χ3n) is 1.37. The third kappa shape index (κ3) is 6.42. The van der Waals surface area contributed by atoms with Crippen LogP contribution in [0.1, 0.15) is 13.8 Å². The minimum absolute atomic E-state index is 0.220. The van der Waals surface area contributed by atoms with Crippen LogP contribution in [-0.2, 0) is 4.79 Å². The highest BCUT2D eigenvalue weighted by molar-refractivity contribution is 6.39. The summed E-state index contributed by atoms with van der Waals surface area (Å²) >= 11 is 11.0. The Hall–Kier alpha value is -1.31. The molecule has 6 nitrogen and oxygen atoms in total. The predicted molar refractivity (Wildman–Crippen MR) is 71.1 cm³/mol. The topological polar surface area (TPSA) is 111 Å². The lowest BCUT2D eigenvalue weighted by atomic mass is 10.4. The number of hydrogen-bond donors (Lipinski definition) is 3. The maximum absolute atomic E-state index is 12.9. The summed E-state index contributed by atoms with van der Waals surface area (Å²) in [4.78, 5) is 13.4. The molecule has 0 amide bonds. The highest BCUT2D eigenvalue weighted by Gasteiger charge is 2.16. The van der Waals surface area contributed by atoms with Crippen molar-refractivity contribution in [2.45, 2.75) is 19.9 Å². The number of ether oxygens (including phenoxy) is 1. The minimum atomic E-state index is -1.25. The van der Waals surface area contributed by atoms with Gasteiger partial charge in [0.1, 0.15) is 10.0 Å². The first-order chi connectivity index (χ1) is 8.66. The summed E-state index contributed by atoms with van der Waals surface area (Å²) in [6.07, 6.45) is 0. The molecule has 0 atom stereocenters. The van der Waals surface area contributed by atoms with Crippen LogP contribution in [0.5, 0.6) is 5.88 Å². The standard InChI is InChI=1S/C7H5Cl2FN2O3.C3H9N/c8-3-5(11)4(9)7(12-6(3)10)15-1-2(13)14;1-3(2)4/h1H2,(H2,11,12)(H,13,14);3H,4H2,1-2H3. The van der Waals surface area contributed by atoms with Crippen molar-refractivity contribution < 1.29 is 19.0 Å². The van der Waals surface area contributed by atoms with Crippen molar-refractivity contribution in [3.8, 4) is 5.88 Å². The molecule has 0 spiro atoms. The molecular formula is C10H14Cl2FN3O3. The number of nitrogen functional groups attached to an aromatic ring is 1. The van der Waals surface area contributed by atoms with Gasteiger partial charge in [0.2, 0.25) is 11.8 Å². The molecule has 0 aliphatic carbocycles. The van der Waals surface area contributed by atoms with Crippen molar-refractivity contribution >= 4 is 34.9 Å². The third-order valence-corrected chi connectivity index (χ3v) is 2.10. The normalized spacial score (nSPS) is 9.84. The molecule has 1 aromatic heterocycles. The highest BCUT2D eigenvalue weighted by atomic mass is 35.5. The van der Waals surface area contributed by atoms with Crippen molar-refractivity contribution in [1.29, 1.82) is 0 Å². The number of carbonyl (C=O) groups is 1. The van der Waals surface area contributed by atoms with Crippen LogP contribution < -0.4 is 16.2 Å². The fourth-order valence-corrected chi connectivity index (χ4v) is 1.11. The first-order valence-electron chi connectivity index (χ1n) is 5.06. The molecule has 19 heavy (non-hydrogen) atoms. The second-order valence-corrected chi connectivity index (χ2v) is 4.43. The summed E-state index contributed by atoms with van der Waals surface area (Å²) < 4.78 is 17.5. The van der Waals surface area contributed by atoms with Crippen molar-refractivity contribution in [2.24, 2.45) is 5.73 Å². The first kappa shape index (κ1) is 17.7. The average molecular weight is 314 g/mol. The predicted octanol–water partition coefficient (Wildman–Crippen LogP) is 1.93. The zero-order valence-corrected chi connectivity index (χ0v) is 11.8. The van der Waals surface area contributed by atoms with Gasteiger partial charge in [0, 0.05) is 0 Å². The Morgan fingerprint density at radius 3 is 2.37 bits per heavy atom. The summed E-state index contributed by atoms with van der Waals surface area (Å²) in [6.45, 7) is 3.19. The van der Waals surface area contributed by atoms with E-state index in [0.29, 0.717) is 6.04 Å². The Morgan fingerprint density at radius 1 is 1.47 bits per heavy atom. The van der Waals surface area contributed by atoms with Gasteiger partial charge < -0.3 is 21.3 Å². The van der Waals surface area contributed by atoms with Gasteiger partial charge >= 0.3 is 5.97 Å². The monoisotopic (exact) mass is 313 g/mol. The number of nitrogens with zero attached hydrogens (tertiary/aromatic N) is 1. The molecule has 108 valence electrons. The van der Waals surface area contributed by atoms with E-state index in [9.17, 15) is 9.18 Å². The second-order valence-electron chi connectivity index (χ2n) is 3.68. The molecule has 1 heterocycles. The van der Waals surface area contributed by atoms with Crippen LogP contribution >= 0.6 is 23.2 Å². The van der Waals surface area contributed by atoms with E-state index in [4.69, 9.17) is 39.8 Å². The second kappa shape index (κ2) is 7.98. The Kier molecular flexibility index (Phi) is 7.43. The summed E-state index contributed by atoms with van der Waals surface area (Å²) in [7, 11) is 0. The number of hydrogen-bond acceptors (Lipinski definition) is 5. The van der Waals surface area contributed by atoms with Crippen LogP contribution in [0, 0.1) is 5.95 Å². The van der Waals surface area contributed by atoms with Crippen LogP contribution in [-0.4, -0.2) is 28.7 Å². The van der Waals surface area contributed by atoms with E-state index in [-0.39, 0.29) is 10.7 Å². The van der Waals surface area contributed by atoms with Gasteiger partial charge in [-0.25, -0.2) is 4.79 Å². The quantitative estimate of drug-likeness (QED) is 0.735. The largest absolute Gasteiger partial charge is 0.479 e. The van der Waals surface area contributed by atoms with Crippen molar-refractivity contribution in [3.63, 3.8) is 0 Å². The van der Waals surface area contributed by atoms with E-state index in [0.717, 1.165) is 0 Å². The van der Waals surface area contributed by atoms with Gasteiger partial charge in [-0.3, -0.25) is 0 Å². The zero-order valence-electron chi connectivity index (χ0n) is 10.3. The van der Waals surface area contributed by atoms with E-state index in [1.54, 1.807) is 0 Å². The average Bonchev–Trinajstić information content (AvgIpc) is 2.28. The highest BCUT2D eigenvalue weighted by Crippen LogP contribution is 2.35. The molecule has 1 rings (SSSR count). The van der Waals surface area contributed by atoms with Crippen LogP contribution in [0.15, 0.2) is 0 Å². The number of carboxylic acids is 1. The van der Waals surface area contributed by atoms with Gasteiger partial charge in [-0.15, -0.1) is 0 Å². The maximum Gasteiger partial charge on any atom is 0.341 e. The van der Waals surface area contributed by atoms with Crippen molar-refractivity contribution in [1.82, 2.24) is 4.98 Å². The first-order valence-corrected chi connectivity index (χ1v) is 5.82. The number of anilines is 1. The molecule has 0 unspecified atom stereocenters. The number of aromatic nitrogens is 1. The summed E-state index contributed by atoms with van der Waals surface area (Å²) in [6, 6.07) is 0.333. The number of nitrogens with two attached hydrogens (primary N) is 2. The molecule has 9 heteroatoms. The van der Waals surface area contributed by atoms with E-state index >= 15 is 0 Å². The Labute approximate surface area is 119 Å². The number of pyridine rings is 1. The fourth-order valence-electron chi connectivity index (χ4n) is 0.736. The molecular weight excluding hydrogens is 300 g/mol. The molecule has 0 saturated carbocycles. The molecule has 1 aromatic rings. The molecule has 0 fully saturated rings. The minimum Gasteiger partial charge on any atom is -0.479 e. The number of carboxylic acid groups (broad SMARTS) is 1. The summed E-state index contributed by atoms with van der Waals surface area (Å²) in [5, 5.41) is 7.66. The lowest BCUT2D eigenvalue weighted by Gasteiger charge is -2.07. The fraction of sp³-hybridized carbons (Fsp3) is 0.400. The van der Waals surface area contributed by atoms with E-state index < -0.39 is 29.4 Å². The molecule has 0 aliphatic heterocycles. The van der Waals surface area contributed by atoms with Gasteiger partial charge in [0.25, 0.3) is 0 Å². The summed E-state index contributed by atoms with van der Waals surface area (Å²) in [5.41, 5.74) is 10.2. The van der Waals surface area contributed by atoms with Crippen LogP contribution in [0.4, 0.5) is 10.1 Å². The number of halogens is 3. The zero-order chi connectivity index (χ0) is 15.2. The van der Waals surface area contributed by atoms with Crippen molar-refractivity contribution in [3.05, 3.63) is 16.0 Å². The van der Waals surface area contributed by atoms with Crippen LogP contribution in [0.25, 0.3) is 0 Å². The molecule has 0 saturated heterocycles. The number of aliphatic carboxylic acids is 1. The van der Waals surface area contributed by atoms with Crippen LogP contribution in [0.3, 0.4) is 0 Å². The maximum atomic E-state index is 12.9.